The molecule has 7 nitrogen and oxygen atoms in total. The van der Waals surface area contributed by atoms with Gasteiger partial charge < -0.3 is 19.4 Å². The number of aromatic nitrogens is 3. The Morgan fingerprint density at radius 3 is 2.45 bits per heavy atom. The normalized spacial score (nSPS) is 17.3. The van der Waals surface area contributed by atoms with Crippen molar-refractivity contribution in [1.29, 1.82) is 0 Å². The summed E-state index contributed by atoms with van der Waals surface area (Å²) in [6, 6.07) is 21.1. The molecule has 0 spiro atoms. The van der Waals surface area contributed by atoms with Gasteiger partial charge in [-0.15, -0.1) is 0 Å². The molecule has 6 rings (SSSR count). The van der Waals surface area contributed by atoms with E-state index in [2.05, 4.69) is 55.1 Å². The molecular formula is C26H27N5O2. The van der Waals surface area contributed by atoms with Crippen molar-refractivity contribution in [3.63, 3.8) is 0 Å². The molecule has 2 saturated heterocycles. The number of ether oxygens (including phenoxy) is 2. The lowest BCUT2D eigenvalue weighted by Crippen LogP contribution is -2.56. The van der Waals surface area contributed by atoms with E-state index in [-0.39, 0.29) is 0 Å². The minimum atomic E-state index is 0.562. The van der Waals surface area contributed by atoms with Crippen LogP contribution in [-0.4, -0.2) is 65.3 Å². The monoisotopic (exact) mass is 441 g/mol. The van der Waals surface area contributed by atoms with Crippen molar-refractivity contribution in [3.05, 3.63) is 72.6 Å². The molecule has 0 atom stereocenters. The Labute approximate surface area is 193 Å². The molecule has 2 aromatic carbocycles. The van der Waals surface area contributed by atoms with Crippen LogP contribution < -0.4 is 9.64 Å². The second-order valence-electron chi connectivity index (χ2n) is 8.66. The average Bonchev–Trinajstić information content (AvgIpc) is 3.28. The average molecular weight is 442 g/mol. The lowest BCUT2D eigenvalue weighted by atomic mass is 10.1. The van der Waals surface area contributed by atoms with E-state index in [0.717, 1.165) is 78.8 Å². The van der Waals surface area contributed by atoms with Crippen LogP contribution in [0.5, 0.6) is 5.75 Å². The number of nitrogens with zero attached hydrogens (tertiary/aromatic N) is 4. The van der Waals surface area contributed by atoms with Crippen LogP contribution in [0.1, 0.15) is 5.56 Å². The second-order valence-corrected chi connectivity index (χ2v) is 8.66. The molecular weight excluding hydrogens is 414 g/mol. The van der Waals surface area contributed by atoms with Crippen molar-refractivity contribution in [2.45, 2.75) is 12.6 Å². The molecule has 0 radical (unpaired) electrons. The van der Waals surface area contributed by atoms with Gasteiger partial charge in [-0.3, -0.25) is 4.90 Å². The molecule has 2 aliphatic rings. The Balaban J connectivity index is 1.17. The Morgan fingerprint density at radius 2 is 1.73 bits per heavy atom. The maximum Gasteiger partial charge on any atom is 0.143 e. The van der Waals surface area contributed by atoms with Gasteiger partial charge in [-0.1, -0.05) is 30.3 Å². The lowest BCUT2D eigenvalue weighted by molar-refractivity contribution is -0.0660. The highest BCUT2D eigenvalue weighted by Gasteiger charge is 2.29. The number of fused-ring (bicyclic) bond motifs is 1. The molecule has 168 valence electrons. The highest BCUT2D eigenvalue weighted by atomic mass is 16.5. The van der Waals surface area contributed by atoms with E-state index in [0.29, 0.717) is 12.6 Å². The highest BCUT2D eigenvalue weighted by molar-refractivity contribution is 5.92. The SMILES string of the molecule is c1ccc(COc2ccc(-c3cc4c(N5CCN(C6COC6)CC5)ncnc4[nH]3)cc2)cc1. The van der Waals surface area contributed by atoms with Crippen LogP contribution in [0.25, 0.3) is 22.3 Å². The van der Waals surface area contributed by atoms with Crippen molar-refractivity contribution in [1.82, 2.24) is 19.9 Å². The van der Waals surface area contributed by atoms with Crippen LogP contribution in [-0.2, 0) is 11.3 Å². The number of hydrogen-bond donors (Lipinski definition) is 1. The predicted molar refractivity (Wildman–Crippen MR) is 128 cm³/mol. The number of benzene rings is 2. The first-order valence-electron chi connectivity index (χ1n) is 11.5. The van der Waals surface area contributed by atoms with Gasteiger partial charge in [0.05, 0.1) is 24.6 Å². The topological polar surface area (TPSA) is 66.5 Å². The van der Waals surface area contributed by atoms with Crippen molar-refractivity contribution >= 4 is 16.9 Å². The summed E-state index contributed by atoms with van der Waals surface area (Å²) in [5, 5.41) is 1.07. The first-order chi connectivity index (χ1) is 16.3. The summed E-state index contributed by atoms with van der Waals surface area (Å²) < 4.78 is 11.3. The molecule has 4 heterocycles. The fourth-order valence-corrected chi connectivity index (χ4v) is 4.54. The van der Waals surface area contributed by atoms with Crippen molar-refractivity contribution in [2.24, 2.45) is 0 Å². The smallest absolute Gasteiger partial charge is 0.143 e. The quantitative estimate of drug-likeness (QED) is 0.492. The maximum atomic E-state index is 5.93. The molecule has 0 aliphatic carbocycles. The van der Waals surface area contributed by atoms with Gasteiger partial charge >= 0.3 is 0 Å². The zero-order valence-electron chi connectivity index (χ0n) is 18.5. The summed E-state index contributed by atoms with van der Waals surface area (Å²) in [6.45, 7) is 6.33. The minimum Gasteiger partial charge on any atom is -0.489 e. The Morgan fingerprint density at radius 1 is 0.939 bits per heavy atom. The van der Waals surface area contributed by atoms with E-state index in [9.17, 15) is 0 Å². The molecule has 0 saturated carbocycles. The van der Waals surface area contributed by atoms with Crippen LogP contribution in [0.3, 0.4) is 0 Å². The van der Waals surface area contributed by atoms with Gasteiger partial charge in [0.15, 0.2) is 0 Å². The molecule has 0 unspecified atom stereocenters. The lowest BCUT2D eigenvalue weighted by Gasteiger charge is -2.42. The number of piperazine rings is 1. The standard InChI is InChI=1S/C26H27N5O2/c1-2-4-19(5-3-1)15-33-22-8-6-20(7-9-22)24-14-23-25(29-24)27-18-28-26(23)31-12-10-30(11-13-31)21-16-32-17-21/h1-9,14,18,21H,10-13,15-17H2,(H,27,28,29). The number of hydrogen-bond acceptors (Lipinski definition) is 6. The first-order valence-corrected chi connectivity index (χ1v) is 11.5. The minimum absolute atomic E-state index is 0.562. The first kappa shape index (κ1) is 20.2. The van der Waals surface area contributed by atoms with Gasteiger partial charge in [0.2, 0.25) is 0 Å². The Hall–Kier alpha value is -3.42. The van der Waals surface area contributed by atoms with Crippen LogP contribution >= 0.6 is 0 Å². The molecule has 1 N–H and O–H groups in total. The van der Waals surface area contributed by atoms with Crippen molar-refractivity contribution in [3.8, 4) is 17.0 Å². The van der Waals surface area contributed by atoms with Gasteiger partial charge in [-0.2, -0.15) is 0 Å². The van der Waals surface area contributed by atoms with Crippen LogP contribution in [0.2, 0.25) is 0 Å². The number of H-pyrrole nitrogens is 1. The van der Waals surface area contributed by atoms with Crippen LogP contribution in [0, 0.1) is 0 Å². The number of aromatic amines is 1. The van der Waals surface area contributed by atoms with Crippen LogP contribution in [0.15, 0.2) is 67.0 Å². The summed E-state index contributed by atoms with van der Waals surface area (Å²) in [6.07, 6.45) is 1.66. The molecule has 33 heavy (non-hydrogen) atoms. The van der Waals surface area contributed by atoms with E-state index in [4.69, 9.17) is 9.47 Å². The summed E-state index contributed by atoms with van der Waals surface area (Å²) in [5.41, 5.74) is 4.16. The summed E-state index contributed by atoms with van der Waals surface area (Å²) in [5.74, 6) is 1.86. The number of rotatable bonds is 6. The Bertz CT molecular complexity index is 1210. The van der Waals surface area contributed by atoms with Gasteiger partial charge in [-0.25, -0.2) is 9.97 Å². The third-order valence-corrected chi connectivity index (χ3v) is 6.57. The second kappa shape index (κ2) is 8.84. The summed E-state index contributed by atoms with van der Waals surface area (Å²) in [7, 11) is 0. The van der Waals surface area contributed by atoms with E-state index >= 15 is 0 Å². The Kier molecular flexibility index (Phi) is 5.41. The van der Waals surface area contributed by atoms with Crippen LogP contribution in [0.4, 0.5) is 5.82 Å². The zero-order chi connectivity index (χ0) is 22.0. The van der Waals surface area contributed by atoms with E-state index in [1.807, 2.05) is 30.3 Å². The maximum absolute atomic E-state index is 5.93. The fourth-order valence-electron chi connectivity index (χ4n) is 4.54. The molecule has 0 amide bonds. The molecule has 0 bridgehead atoms. The largest absolute Gasteiger partial charge is 0.489 e. The third kappa shape index (κ3) is 4.17. The molecule has 2 aromatic heterocycles. The molecule has 2 aliphatic heterocycles. The summed E-state index contributed by atoms with van der Waals surface area (Å²) >= 11 is 0. The molecule has 2 fully saturated rings. The van der Waals surface area contributed by atoms with Crippen molar-refractivity contribution in [2.75, 3.05) is 44.3 Å². The van der Waals surface area contributed by atoms with Gasteiger partial charge in [0.25, 0.3) is 0 Å². The zero-order valence-corrected chi connectivity index (χ0v) is 18.5. The molecule has 7 heteroatoms. The van der Waals surface area contributed by atoms with E-state index < -0.39 is 0 Å². The summed E-state index contributed by atoms with van der Waals surface area (Å²) in [4.78, 5) is 17.5. The van der Waals surface area contributed by atoms with E-state index in [1.54, 1.807) is 6.33 Å². The predicted octanol–water partition coefficient (Wildman–Crippen LogP) is 3.72. The van der Waals surface area contributed by atoms with Gasteiger partial charge in [0.1, 0.15) is 30.1 Å². The highest BCUT2D eigenvalue weighted by Crippen LogP contribution is 2.30. The third-order valence-electron chi connectivity index (χ3n) is 6.57. The fraction of sp³-hybridized carbons (Fsp3) is 0.308. The number of nitrogens with one attached hydrogen (secondary N) is 1. The van der Waals surface area contributed by atoms with Gasteiger partial charge in [-0.05, 0) is 41.5 Å². The van der Waals surface area contributed by atoms with Crippen molar-refractivity contribution < 1.29 is 9.47 Å². The van der Waals surface area contributed by atoms with E-state index in [1.165, 1.54) is 0 Å². The number of anilines is 1. The molecule has 4 aromatic rings. The van der Waals surface area contributed by atoms with Gasteiger partial charge in [0, 0.05) is 31.9 Å².